The normalized spacial score (nSPS) is 10.3. The van der Waals surface area contributed by atoms with Crippen molar-refractivity contribution >= 4 is 23.2 Å². The van der Waals surface area contributed by atoms with Crippen LogP contribution in [0.2, 0.25) is 0 Å². The quantitative estimate of drug-likeness (QED) is 0.783. The van der Waals surface area contributed by atoms with Crippen molar-refractivity contribution in [3.63, 3.8) is 0 Å². The van der Waals surface area contributed by atoms with Gasteiger partial charge in [0.05, 0.1) is 11.1 Å². The van der Waals surface area contributed by atoms with Gasteiger partial charge in [-0.15, -0.1) is 0 Å². The second-order valence-electron chi connectivity index (χ2n) is 3.13. The minimum atomic E-state index is -1.49. The molecule has 2 rings (SSSR count). The minimum absolute atomic E-state index is 0.275. The number of aromatic carboxylic acids is 1. The van der Waals surface area contributed by atoms with Gasteiger partial charge in [-0.25, -0.2) is 14.2 Å². The molecule has 1 aromatic heterocycles. The molecule has 0 fully saturated rings. The Morgan fingerprint density at radius 1 is 1.38 bits per heavy atom. The lowest BCUT2D eigenvalue weighted by atomic mass is 10.1. The van der Waals surface area contributed by atoms with Crippen LogP contribution in [0.5, 0.6) is 0 Å². The molecule has 1 aromatic carbocycles. The number of fused-ring (bicyclic) bond motifs is 1. The van der Waals surface area contributed by atoms with Crippen LogP contribution in [-0.2, 0) is 0 Å². The first-order valence-electron chi connectivity index (χ1n) is 4.42. The second kappa shape index (κ2) is 3.69. The maximum absolute atomic E-state index is 13.6. The van der Waals surface area contributed by atoms with Gasteiger partial charge in [-0.2, -0.15) is 0 Å². The predicted octanol–water partition coefficient (Wildman–Crippen LogP) is 1.88. The molecular weight excluding hydrogens is 213 g/mol. The molecule has 0 bridgehead atoms. The van der Waals surface area contributed by atoms with E-state index in [9.17, 15) is 14.0 Å². The van der Waals surface area contributed by atoms with Gasteiger partial charge < -0.3 is 5.11 Å². The summed E-state index contributed by atoms with van der Waals surface area (Å²) in [5.41, 5.74) is -0.729. The molecule has 0 aliphatic heterocycles. The summed E-state index contributed by atoms with van der Waals surface area (Å²) in [6.45, 7) is 0. The number of carboxylic acids is 1. The van der Waals surface area contributed by atoms with E-state index in [1.807, 2.05) is 0 Å². The lowest BCUT2D eigenvalue weighted by molar-refractivity contribution is 0.0685. The fraction of sp³-hybridized carbons (Fsp3) is 0. The Labute approximate surface area is 89.3 Å². The number of carboxylic acid groups (broad SMARTS) is 1. The van der Waals surface area contributed by atoms with E-state index < -0.39 is 17.5 Å². The average molecular weight is 219 g/mol. The van der Waals surface area contributed by atoms with E-state index in [1.165, 1.54) is 12.1 Å². The van der Waals surface area contributed by atoms with Crippen LogP contribution >= 0.6 is 0 Å². The van der Waals surface area contributed by atoms with Crippen molar-refractivity contribution in [1.82, 2.24) is 4.98 Å². The average Bonchev–Trinajstić information content (AvgIpc) is 2.28. The Hall–Kier alpha value is -2.30. The highest BCUT2D eigenvalue weighted by Gasteiger charge is 2.18. The van der Waals surface area contributed by atoms with E-state index in [-0.39, 0.29) is 11.1 Å². The monoisotopic (exact) mass is 219 g/mol. The fourth-order valence-electron chi connectivity index (χ4n) is 1.47. The van der Waals surface area contributed by atoms with Crippen LogP contribution in [0.3, 0.4) is 0 Å². The number of benzene rings is 1. The molecular formula is C11H6FNO3. The van der Waals surface area contributed by atoms with Gasteiger partial charge in [-0.05, 0) is 6.07 Å². The molecule has 1 heterocycles. The molecule has 0 aliphatic carbocycles. The summed E-state index contributed by atoms with van der Waals surface area (Å²) in [6, 6.07) is 6.29. The third-order valence-electron chi connectivity index (χ3n) is 2.19. The van der Waals surface area contributed by atoms with E-state index in [0.717, 1.165) is 0 Å². The van der Waals surface area contributed by atoms with Crippen molar-refractivity contribution < 1.29 is 19.1 Å². The summed E-state index contributed by atoms with van der Waals surface area (Å²) in [4.78, 5) is 25.1. The first kappa shape index (κ1) is 10.2. The van der Waals surface area contributed by atoms with Gasteiger partial charge >= 0.3 is 5.97 Å². The summed E-state index contributed by atoms with van der Waals surface area (Å²) >= 11 is 0. The first-order valence-corrected chi connectivity index (χ1v) is 4.42. The summed E-state index contributed by atoms with van der Waals surface area (Å²) in [5.74, 6) is -2.59. The zero-order chi connectivity index (χ0) is 11.7. The first-order chi connectivity index (χ1) is 7.65. The summed E-state index contributed by atoms with van der Waals surface area (Å²) < 4.78 is 13.6. The standard InChI is InChI=1S/C11H6FNO3/c12-9-7(5-14)6-3-1-2-4-8(6)13-10(9)11(15)16/h1-5H,(H,15,16). The number of aromatic nitrogens is 1. The van der Waals surface area contributed by atoms with E-state index >= 15 is 0 Å². The van der Waals surface area contributed by atoms with Crippen molar-refractivity contribution in [2.24, 2.45) is 0 Å². The van der Waals surface area contributed by atoms with Gasteiger partial charge in [0.25, 0.3) is 0 Å². The largest absolute Gasteiger partial charge is 0.476 e. The highest BCUT2D eigenvalue weighted by atomic mass is 19.1. The summed E-state index contributed by atoms with van der Waals surface area (Å²) in [5, 5.41) is 9.03. The van der Waals surface area contributed by atoms with Crippen molar-refractivity contribution in [3.8, 4) is 0 Å². The maximum Gasteiger partial charge on any atom is 0.357 e. The number of hydrogen-bond acceptors (Lipinski definition) is 3. The molecule has 0 saturated carbocycles. The molecule has 0 amide bonds. The number of aldehydes is 1. The number of nitrogens with zero attached hydrogens (tertiary/aromatic N) is 1. The molecule has 0 atom stereocenters. The van der Waals surface area contributed by atoms with Crippen LogP contribution < -0.4 is 0 Å². The second-order valence-corrected chi connectivity index (χ2v) is 3.13. The Morgan fingerprint density at radius 3 is 2.69 bits per heavy atom. The van der Waals surface area contributed by atoms with E-state index in [4.69, 9.17) is 5.11 Å². The highest BCUT2D eigenvalue weighted by molar-refractivity contribution is 6.00. The Morgan fingerprint density at radius 2 is 2.06 bits per heavy atom. The molecule has 0 radical (unpaired) electrons. The van der Waals surface area contributed by atoms with Crippen molar-refractivity contribution in [2.75, 3.05) is 0 Å². The SMILES string of the molecule is O=Cc1c(F)c(C(=O)O)nc2ccccc12. The predicted molar refractivity (Wildman–Crippen MR) is 54.0 cm³/mol. The van der Waals surface area contributed by atoms with Gasteiger partial charge in [0.15, 0.2) is 17.8 Å². The Balaban J connectivity index is 2.93. The van der Waals surface area contributed by atoms with Crippen LogP contribution in [0.15, 0.2) is 24.3 Å². The van der Waals surface area contributed by atoms with Crippen LogP contribution in [-0.4, -0.2) is 22.3 Å². The van der Waals surface area contributed by atoms with Gasteiger partial charge in [-0.3, -0.25) is 4.79 Å². The van der Waals surface area contributed by atoms with Gasteiger partial charge in [0.1, 0.15) is 0 Å². The Bertz CT molecular complexity index is 595. The number of halogens is 1. The number of carbonyl (C=O) groups is 2. The lowest BCUT2D eigenvalue weighted by Gasteiger charge is -2.04. The minimum Gasteiger partial charge on any atom is -0.476 e. The van der Waals surface area contributed by atoms with E-state index in [2.05, 4.69) is 4.98 Å². The summed E-state index contributed by atoms with van der Waals surface area (Å²) in [7, 11) is 0. The van der Waals surface area contributed by atoms with Crippen LogP contribution in [0.25, 0.3) is 10.9 Å². The van der Waals surface area contributed by atoms with Gasteiger partial charge in [-0.1, -0.05) is 18.2 Å². The lowest BCUT2D eigenvalue weighted by Crippen LogP contribution is -2.07. The molecule has 1 N–H and O–H groups in total. The third-order valence-corrected chi connectivity index (χ3v) is 2.19. The van der Waals surface area contributed by atoms with Crippen LogP contribution in [0, 0.1) is 5.82 Å². The van der Waals surface area contributed by atoms with Gasteiger partial charge in [0.2, 0.25) is 0 Å². The topological polar surface area (TPSA) is 67.3 Å². The van der Waals surface area contributed by atoms with Crippen molar-refractivity contribution in [3.05, 3.63) is 41.3 Å². The molecule has 0 saturated heterocycles. The van der Waals surface area contributed by atoms with Crippen LogP contribution in [0.1, 0.15) is 20.8 Å². The van der Waals surface area contributed by atoms with Gasteiger partial charge in [0, 0.05) is 5.39 Å². The number of rotatable bonds is 2. The number of para-hydroxylation sites is 1. The molecule has 2 aromatic rings. The smallest absolute Gasteiger partial charge is 0.357 e. The Kier molecular flexibility index (Phi) is 2.36. The fourth-order valence-corrected chi connectivity index (χ4v) is 1.47. The zero-order valence-electron chi connectivity index (χ0n) is 7.98. The third kappa shape index (κ3) is 1.42. The van der Waals surface area contributed by atoms with Crippen molar-refractivity contribution in [2.45, 2.75) is 0 Å². The molecule has 80 valence electrons. The summed E-state index contributed by atoms with van der Waals surface area (Å²) in [6.07, 6.45) is 0.297. The van der Waals surface area contributed by atoms with E-state index in [0.29, 0.717) is 11.7 Å². The highest BCUT2D eigenvalue weighted by Crippen LogP contribution is 2.20. The maximum atomic E-state index is 13.6. The van der Waals surface area contributed by atoms with Crippen molar-refractivity contribution in [1.29, 1.82) is 0 Å². The molecule has 5 heteroatoms. The molecule has 0 unspecified atom stereocenters. The number of pyridine rings is 1. The molecule has 0 aliphatic rings. The number of carbonyl (C=O) groups excluding carboxylic acids is 1. The molecule has 16 heavy (non-hydrogen) atoms. The number of hydrogen-bond donors (Lipinski definition) is 1. The molecule has 4 nitrogen and oxygen atoms in total. The van der Waals surface area contributed by atoms with Crippen LogP contribution in [0.4, 0.5) is 4.39 Å². The van der Waals surface area contributed by atoms with E-state index in [1.54, 1.807) is 12.1 Å². The molecule has 0 spiro atoms. The zero-order valence-corrected chi connectivity index (χ0v) is 7.98.